The van der Waals surface area contributed by atoms with Crippen LogP contribution in [0, 0.1) is 5.41 Å². The molecule has 5 nitrogen and oxygen atoms in total. The molecule has 5 heteroatoms. The van der Waals surface area contributed by atoms with Crippen molar-refractivity contribution < 1.29 is 4.74 Å². The highest BCUT2D eigenvalue weighted by Gasteiger charge is 2.42. The molecule has 0 radical (unpaired) electrons. The van der Waals surface area contributed by atoms with E-state index in [9.17, 15) is 0 Å². The third kappa shape index (κ3) is 3.79. The number of nitrogens with two attached hydrogens (primary N) is 1. The van der Waals surface area contributed by atoms with E-state index in [-0.39, 0.29) is 11.6 Å². The first-order valence-electron chi connectivity index (χ1n) is 10.5. The maximum absolute atomic E-state index is 6.32. The molecule has 0 saturated heterocycles. The number of aliphatic imine (C=N–C) groups is 1. The number of allylic oxidation sites excluding steroid dienone is 2. The van der Waals surface area contributed by atoms with Gasteiger partial charge in [-0.05, 0) is 44.1 Å². The molecule has 2 aliphatic heterocycles. The second kappa shape index (κ2) is 7.34. The summed E-state index contributed by atoms with van der Waals surface area (Å²) in [5.41, 5.74) is 10.1. The Balaban J connectivity index is 1.51. The molecule has 0 fully saturated rings. The molecule has 0 saturated carbocycles. The average molecular weight is 371 g/mol. The number of ether oxygens (including phenoxy) is 1. The molecule has 27 heavy (non-hydrogen) atoms. The lowest BCUT2D eigenvalue weighted by molar-refractivity contribution is 0.00160. The molecular formula is C22H34N4O. The minimum Gasteiger partial charge on any atom is -0.382 e. The molecular weight excluding hydrogens is 336 g/mol. The van der Waals surface area contributed by atoms with Gasteiger partial charge in [-0.25, -0.2) is 0 Å². The number of nitrogens with zero attached hydrogens (tertiary/aromatic N) is 2. The monoisotopic (exact) mass is 370 g/mol. The zero-order valence-corrected chi connectivity index (χ0v) is 17.0. The van der Waals surface area contributed by atoms with E-state index in [1.807, 2.05) is 0 Å². The molecule has 2 aliphatic carbocycles. The van der Waals surface area contributed by atoms with Crippen LogP contribution in [-0.2, 0) is 4.74 Å². The second-order valence-electron chi connectivity index (χ2n) is 9.26. The predicted molar refractivity (Wildman–Crippen MR) is 110 cm³/mol. The van der Waals surface area contributed by atoms with E-state index in [1.54, 1.807) is 0 Å². The molecule has 3 atom stereocenters. The topological polar surface area (TPSA) is 62.9 Å². The predicted octanol–water partition coefficient (Wildman–Crippen LogP) is 3.45. The summed E-state index contributed by atoms with van der Waals surface area (Å²) in [6.45, 7) is 8.56. The van der Waals surface area contributed by atoms with Gasteiger partial charge in [-0.1, -0.05) is 39.0 Å². The van der Waals surface area contributed by atoms with Crippen molar-refractivity contribution in [2.75, 3.05) is 13.1 Å². The number of fused-ring (bicyclic) bond motifs is 1. The highest BCUT2D eigenvalue weighted by Crippen LogP contribution is 2.38. The van der Waals surface area contributed by atoms with Crippen LogP contribution in [0.3, 0.4) is 0 Å². The summed E-state index contributed by atoms with van der Waals surface area (Å²) in [4.78, 5) is 6.95. The quantitative estimate of drug-likeness (QED) is 0.747. The van der Waals surface area contributed by atoms with Gasteiger partial charge >= 0.3 is 0 Å². The van der Waals surface area contributed by atoms with Crippen LogP contribution in [-0.4, -0.2) is 42.2 Å². The van der Waals surface area contributed by atoms with Crippen molar-refractivity contribution in [1.29, 1.82) is 0 Å². The third-order valence-corrected chi connectivity index (χ3v) is 6.06. The maximum Gasteiger partial charge on any atom is 0.144 e. The van der Waals surface area contributed by atoms with E-state index in [0.29, 0.717) is 18.0 Å². The molecule has 3 N–H and O–H groups in total. The van der Waals surface area contributed by atoms with Gasteiger partial charge in [0.25, 0.3) is 0 Å². The maximum atomic E-state index is 6.32. The van der Waals surface area contributed by atoms with E-state index in [4.69, 9.17) is 10.5 Å². The summed E-state index contributed by atoms with van der Waals surface area (Å²) < 4.78 is 6.32. The van der Waals surface area contributed by atoms with Gasteiger partial charge in [0.1, 0.15) is 17.7 Å². The van der Waals surface area contributed by atoms with Gasteiger partial charge in [-0.15, -0.1) is 0 Å². The molecule has 0 spiro atoms. The van der Waals surface area contributed by atoms with Crippen LogP contribution in [0.4, 0.5) is 0 Å². The van der Waals surface area contributed by atoms with E-state index < -0.39 is 0 Å². The van der Waals surface area contributed by atoms with E-state index >= 15 is 0 Å². The zero-order valence-electron chi connectivity index (χ0n) is 17.0. The van der Waals surface area contributed by atoms with Crippen molar-refractivity contribution in [1.82, 2.24) is 10.2 Å². The van der Waals surface area contributed by atoms with Gasteiger partial charge in [-0.3, -0.25) is 4.99 Å². The summed E-state index contributed by atoms with van der Waals surface area (Å²) in [5.74, 6) is 0.683. The number of hydrogen-bond acceptors (Lipinski definition) is 5. The van der Waals surface area contributed by atoms with Crippen LogP contribution >= 0.6 is 0 Å². The highest BCUT2D eigenvalue weighted by atomic mass is 16.5. The van der Waals surface area contributed by atoms with Crippen molar-refractivity contribution in [3.63, 3.8) is 0 Å². The summed E-state index contributed by atoms with van der Waals surface area (Å²) in [7, 11) is 0. The summed E-state index contributed by atoms with van der Waals surface area (Å²) in [6, 6.07) is 0. The van der Waals surface area contributed by atoms with Gasteiger partial charge in [0.05, 0.1) is 24.4 Å². The molecule has 4 aliphatic rings. The second-order valence-corrected chi connectivity index (χ2v) is 9.26. The van der Waals surface area contributed by atoms with Crippen LogP contribution in [0.1, 0.15) is 59.3 Å². The first-order chi connectivity index (χ1) is 12.9. The molecule has 0 aromatic heterocycles. The normalized spacial score (nSPS) is 31.4. The van der Waals surface area contributed by atoms with Crippen LogP contribution in [0.5, 0.6) is 0 Å². The minimum atomic E-state index is 0.124. The van der Waals surface area contributed by atoms with Crippen molar-refractivity contribution in [3.05, 3.63) is 35.2 Å². The fourth-order valence-corrected chi connectivity index (χ4v) is 4.66. The lowest BCUT2D eigenvalue weighted by Gasteiger charge is -2.38. The number of amidine groups is 1. The smallest absolute Gasteiger partial charge is 0.144 e. The van der Waals surface area contributed by atoms with Crippen LogP contribution in [0.2, 0.25) is 0 Å². The van der Waals surface area contributed by atoms with Crippen molar-refractivity contribution in [3.8, 4) is 0 Å². The van der Waals surface area contributed by atoms with Crippen LogP contribution in [0.15, 0.2) is 40.2 Å². The van der Waals surface area contributed by atoms with Gasteiger partial charge in [0.15, 0.2) is 0 Å². The van der Waals surface area contributed by atoms with Gasteiger partial charge in [0.2, 0.25) is 0 Å². The first-order valence-corrected chi connectivity index (χ1v) is 10.5. The highest BCUT2D eigenvalue weighted by molar-refractivity contribution is 5.98. The average Bonchev–Trinajstić information content (AvgIpc) is 3.05. The Bertz CT molecular complexity index is 698. The fourth-order valence-electron chi connectivity index (χ4n) is 4.66. The minimum absolute atomic E-state index is 0.124. The molecule has 0 aromatic rings. The third-order valence-electron chi connectivity index (χ3n) is 6.06. The van der Waals surface area contributed by atoms with Gasteiger partial charge in [-0.2, -0.15) is 0 Å². The van der Waals surface area contributed by atoms with E-state index in [1.165, 1.54) is 24.1 Å². The molecule has 0 aromatic carbocycles. The first kappa shape index (κ1) is 18.6. The van der Waals surface area contributed by atoms with Crippen molar-refractivity contribution >= 4 is 5.84 Å². The Labute approximate surface area is 163 Å². The van der Waals surface area contributed by atoms with Gasteiger partial charge in [0, 0.05) is 12.0 Å². The zero-order chi connectivity index (χ0) is 19.0. The molecule has 4 rings (SSSR count). The standard InChI is InChI=1S/C22H34N4O/c1-22(2,3)21-25-18(19-20(23)24-13-14-26(19)21)15-9-11-17(12-10-15)27-16-7-5-4-6-8-16/h5,7,9,16-17,21,25H,4,6,8,10-14H2,1-3H3,(H2,23,24). The molecule has 3 unspecified atom stereocenters. The summed E-state index contributed by atoms with van der Waals surface area (Å²) >= 11 is 0. The van der Waals surface area contributed by atoms with Crippen molar-refractivity contribution in [2.24, 2.45) is 16.1 Å². The number of rotatable bonds is 3. The van der Waals surface area contributed by atoms with E-state index in [2.05, 4.69) is 54.2 Å². The van der Waals surface area contributed by atoms with Crippen LogP contribution in [0.25, 0.3) is 0 Å². The SMILES string of the molecule is CC(C)(C)C1NC(C2=CCC(OC3C=CCCC3)CC2)=C2C(N)=NCCN21. The Morgan fingerprint density at radius 2 is 2.15 bits per heavy atom. The molecule has 2 heterocycles. The summed E-state index contributed by atoms with van der Waals surface area (Å²) in [5, 5.41) is 3.79. The van der Waals surface area contributed by atoms with Gasteiger partial charge < -0.3 is 20.7 Å². The lowest BCUT2D eigenvalue weighted by atomic mass is 9.91. The van der Waals surface area contributed by atoms with Crippen molar-refractivity contribution in [2.45, 2.75) is 77.7 Å². The lowest BCUT2D eigenvalue weighted by Crippen LogP contribution is -2.50. The van der Waals surface area contributed by atoms with E-state index in [0.717, 1.165) is 44.5 Å². The number of hydrogen-bond donors (Lipinski definition) is 2. The largest absolute Gasteiger partial charge is 0.382 e. The Morgan fingerprint density at radius 3 is 2.81 bits per heavy atom. The molecule has 0 amide bonds. The Hall–Kier alpha value is -1.75. The number of nitrogens with one attached hydrogen (secondary N) is 1. The molecule has 148 valence electrons. The summed E-state index contributed by atoms with van der Waals surface area (Å²) in [6.07, 6.45) is 14.5. The van der Waals surface area contributed by atoms with Crippen LogP contribution < -0.4 is 11.1 Å². The fraction of sp³-hybridized carbons (Fsp3) is 0.682. The molecule has 0 bridgehead atoms. The Kier molecular flexibility index (Phi) is 5.06. The Morgan fingerprint density at radius 1 is 1.30 bits per heavy atom.